The standard InChI is InChI=1S/C14H16N2O3S2/c1-9-2-3-11-10(8-9)12(15)13(20-11)14(17)16-4-6-21(18,19)7-5-16/h2-3,8H,4-7,15H2,1H3. The van der Waals surface area contributed by atoms with Crippen LogP contribution >= 0.6 is 11.3 Å². The fraction of sp³-hybridized carbons (Fsp3) is 0.357. The Hall–Kier alpha value is -1.60. The highest BCUT2D eigenvalue weighted by atomic mass is 32.2. The van der Waals surface area contributed by atoms with E-state index in [4.69, 9.17) is 5.73 Å². The van der Waals surface area contributed by atoms with Crippen LogP contribution in [-0.4, -0.2) is 43.8 Å². The van der Waals surface area contributed by atoms with Gasteiger partial charge in [0.15, 0.2) is 9.84 Å². The van der Waals surface area contributed by atoms with Crippen LogP contribution in [0.5, 0.6) is 0 Å². The molecule has 112 valence electrons. The van der Waals surface area contributed by atoms with E-state index in [1.807, 2.05) is 25.1 Å². The second-order valence-corrected chi connectivity index (χ2v) is 8.64. The van der Waals surface area contributed by atoms with Crippen LogP contribution in [0, 0.1) is 6.92 Å². The van der Waals surface area contributed by atoms with E-state index >= 15 is 0 Å². The highest BCUT2D eigenvalue weighted by Crippen LogP contribution is 2.35. The molecule has 0 spiro atoms. The van der Waals surface area contributed by atoms with Crippen molar-refractivity contribution in [2.24, 2.45) is 0 Å². The minimum atomic E-state index is -2.99. The van der Waals surface area contributed by atoms with Gasteiger partial charge in [0.1, 0.15) is 4.88 Å². The lowest BCUT2D eigenvalue weighted by Gasteiger charge is -2.26. The quantitative estimate of drug-likeness (QED) is 0.865. The van der Waals surface area contributed by atoms with Gasteiger partial charge in [-0.05, 0) is 19.1 Å². The molecule has 0 radical (unpaired) electrons. The van der Waals surface area contributed by atoms with Crippen LogP contribution in [0.2, 0.25) is 0 Å². The topological polar surface area (TPSA) is 80.5 Å². The summed E-state index contributed by atoms with van der Waals surface area (Å²) >= 11 is 1.37. The van der Waals surface area contributed by atoms with Gasteiger partial charge in [0.25, 0.3) is 5.91 Å². The van der Waals surface area contributed by atoms with E-state index in [9.17, 15) is 13.2 Å². The van der Waals surface area contributed by atoms with Gasteiger partial charge in [0.2, 0.25) is 0 Å². The van der Waals surface area contributed by atoms with Crippen molar-refractivity contribution in [1.29, 1.82) is 0 Å². The molecule has 2 N–H and O–H groups in total. The molecule has 1 fully saturated rings. The lowest BCUT2D eigenvalue weighted by atomic mass is 10.1. The van der Waals surface area contributed by atoms with Crippen molar-refractivity contribution in [1.82, 2.24) is 4.90 Å². The average molecular weight is 324 g/mol. The van der Waals surface area contributed by atoms with Crippen molar-refractivity contribution in [2.45, 2.75) is 6.92 Å². The lowest BCUT2D eigenvalue weighted by molar-refractivity contribution is 0.0776. The van der Waals surface area contributed by atoms with Crippen molar-refractivity contribution in [2.75, 3.05) is 30.3 Å². The smallest absolute Gasteiger partial charge is 0.266 e. The molecule has 0 saturated carbocycles. The first-order valence-corrected chi connectivity index (χ1v) is 9.29. The number of sulfone groups is 1. The highest BCUT2D eigenvalue weighted by Gasteiger charge is 2.28. The number of fused-ring (bicyclic) bond motifs is 1. The van der Waals surface area contributed by atoms with Crippen LogP contribution in [0.1, 0.15) is 15.2 Å². The minimum absolute atomic E-state index is 0.0304. The molecule has 0 unspecified atom stereocenters. The van der Waals surface area contributed by atoms with Gasteiger partial charge in [-0.15, -0.1) is 11.3 Å². The number of rotatable bonds is 1. The zero-order valence-electron chi connectivity index (χ0n) is 11.6. The van der Waals surface area contributed by atoms with Gasteiger partial charge < -0.3 is 10.6 Å². The maximum atomic E-state index is 12.5. The Kier molecular flexibility index (Phi) is 3.41. The predicted octanol–water partition coefficient (Wildman–Crippen LogP) is 1.66. The number of anilines is 1. The number of hydrogen-bond donors (Lipinski definition) is 1. The number of nitrogen functional groups attached to an aromatic ring is 1. The molecule has 0 aliphatic carbocycles. The number of nitrogens with two attached hydrogens (primary N) is 1. The van der Waals surface area contributed by atoms with E-state index in [0.29, 0.717) is 10.6 Å². The van der Waals surface area contributed by atoms with Crippen LogP contribution in [0.25, 0.3) is 10.1 Å². The largest absolute Gasteiger partial charge is 0.397 e. The first kappa shape index (κ1) is 14.3. The van der Waals surface area contributed by atoms with Gasteiger partial charge in [0.05, 0.1) is 17.2 Å². The summed E-state index contributed by atoms with van der Waals surface area (Å²) in [5.74, 6) is -0.105. The summed E-state index contributed by atoms with van der Waals surface area (Å²) in [6.07, 6.45) is 0. The zero-order chi connectivity index (χ0) is 15.2. The molecule has 1 aliphatic rings. The van der Waals surface area contributed by atoms with E-state index in [2.05, 4.69) is 0 Å². The van der Waals surface area contributed by atoms with Crippen molar-refractivity contribution >= 4 is 42.9 Å². The Morgan fingerprint density at radius 3 is 2.62 bits per heavy atom. The van der Waals surface area contributed by atoms with Crippen LogP contribution in [0.3, 0.4) is 0 Å². The van der Waals surface area contributed by atoms with Gasteiger partial charge in [0, 0.05) is 23.2 Å². The van der Waals surface area contributed by atoms with Crippen LogP contribution < -0.4 is 5.73 Å². The van der Waals surface area contributed by atoms with Gasteiger partial charge in [-0.2, -0.15) is 0 Å². The van der Waals surface area contributed by atoms with Crippen molar-refractivity contribution in [3.63, 3.8) is 0 Å². The number of aryl methyl sites for hydroxylation is 1. The fourth-order valence-electron chi connectivity index (χ4n) is 2.45. The first-order chi connectivity index (χ1) is 9.87. The number of carbonyl (C=O) groups is 1. The first-order valence-electron chi connectivity index (χ1n) is 6.66. The summed E-state index contributed by atoms with van der Waals surface area (Å²) in [5.41, 5.74) is 7.70. The minimum Gasteiger partial charge on any atom is -0.397 e. The fourth-order valence-corrected chi connectivity index (χ4v) is 4.72. The van der Waals surface area contributed by atoms with Crippen molar-refractivity contribution in [3.05, 3.63) is 28.6 Å². The molecule has 1 aromatic heterocycles. The molecule has 1 saturated heterocycles. The molecule has 1 aromatic carbocycles. The number of thiophene rings is 1. The molecule has 2 heterocycles. The van der Waals surface area contributed by atoms with Gasteiger partial charge in [-0.3, -0.25) is 4.79 Å². The lowest BCUT2D eigenvalue weighted by Crippen LogP contribution is -2.43. The molecule has 1 amide bonds. The third-order valence-corrected chi connectivity index (χ3v) is 6.49. The van der Waals surface area contributed by atoms with E-state index in [1.54, 1.807) is 4.90 Å². The number of benzene rings is 1. The number of nitrogens with zero attached hydrogens (tertiary/aromatic N) is 1. The van der Waals surface area contributed by atoms with E-state index < -0.39 is 9.84 Å². The summed E-state index contributed by atoms with van der Waals surface area (Å²) in [4.78, 5) is 14.6. The van der Waals surface area contributed by atoms with Gasteiger partial charge >= 0.3 is 0 Å². The molecule has 0 atom stereocenters. The number of carbonyl (C=O) groups excluding carboxylic acids is 1. The molecular formula is C14H16N2O3S2. The molecule has 5 nitrogen and oxygen atoms in total. The molecule has 3 rings (SSSR count). The molecule has 0 bridgehead atoms. The molecule has 1 aliphatic heterocycles. The predicted molar refractivity (Wildman–Crippen MR) is 85.5 cm³/mol. The molecular weight excluding hydrogens is 308 g/mol. The Morgan fingerprint density at radius 1 is 1.29 bits per heavy atom. The van der Waals surface area contributed by atoms with E-state index in [-0.39, 0.29) is 30.5 Å². The molecule has 21 heavy (non-hydrogen) atoms. The Labute approximate surface area is 127 Å². The maximum Gasteiger partial charge on any atom is 0.266 e. The van der Waals surface area contributed by atoms with Crippen LogP contribution in [0.15, 0.2) is 18.2 Å². The zero-order valence-corrected chi connectivity index (χ0v) is 13.3. The third-order valence-electron chi connectivity index (χ3n) is 3.71. The number of amides is 1. The molecule has 2 aromatic rings. The number of hydrogen-bond acceptors (Lipinski definition) is 5. The normalized spacial score (nSPS) is 18.0. The van der Waals surface area contributed by atoms with E-state index in [1.165, 1.54) is 11.3 Å². The SMILES string of the molecule is Cc1ccc2sc(C(=O)N3CCS(=O)(=O)CC3)c(N)c2c1. The summed E-state index contributed by atoms with van der Waals surface area (Å²) in [5, 5.41) is 0.896. The van der Waals surface area contributed by atoms with Gasteiger partial charge in [-0.25, -0.2) is 8.42 Å². The second kappa shape index (κ2) is 4.99. The summed E-state index contributed by atoms with van der Waals surface area (Å²) in [7, 11) is -2.99. The summed E-state index contributed by atoms with van der Waals surface area (Å²) in [6.45, 7) is 2.47. The van der Waals surface area contributed by atoms with E-state index in [0.717, 1.165) is 15.6 Å². The van der Waals surface area contributed by atoms with Gasteiger partial charge in [-0.1, -0.05) is 11.6 Å². The van der Waals surface area contributed by atoms with Crippen molar-refractivity contribution < 1.29 is 13.2 Å². The monoisotopic (exact) mass is 324 g/mol. The molecule has 7 heteroatoms. The highest BCUT2D eigenvalue weighted by molar-refractivity contribution is 7.91. The average Bonchev–Trinajstić information content (AvgIpc) is 2.75. The Balaban J connectivity index is 1.93. The van der Waals surface area contributed by atoms with Crippen LogP contribution in [-0.2, 0) is 9.84 Å². The van der Waals surface area contributed by atoms with Crippen LogP contribution in [0.4, 0.5) is 5.69 Å². The summed E-state index contributed by atoms with van der Waals surface area (Å²) < 4.78 is 23.9. The van der Waals surface area contributed by atoms with Crippen molar-refractivity contribution in [3.8, 4) is 0 Å². The third kappa shape index (κ3) is 2.63. The summed E-state index contributed by atoms with van der Waals surface area (Å²) in [6, 6.07) is 5.92. The maximum absolute atomic E-state index is 12.5. The second-order valence-electron chi connectivity index (χ2n) is 5.29. The Morgan fingerprint density at radius 2 is 1.95 bits per heavy atom. The Bertz CT molecular complexity index is 810.